The van der Waals surface area contributed by atoms with E-state index in [1.54, 1.807) is 0 Å². The van der Waals surface area contributed by atoms with Crippen LogP contribution < -0.4 is 0 Å². The standard InChI is InChI=1S/C11H18N4O2/c1-14(2)6-5-10-13-12-9-4-3-8(11(16)17)7-15(9)10/h8H,3-7H2,1-2H3,(H,16,17). The molecule has 1 aliphatic heterocycles. The minimum Gasteiger partial charge on any atom is -0.481 e. The Morgan fingerprint density at radius 2 is 2.29 bits per heavy atom. The van der Waals surface area contributed by atoms with Gasteiger partial charge in [0.15, 0.2) is 0 Å². The SMILES string of the molecule is CN(C)CCc1nnc2n1CC(C(=O)O)CC2. The van der Waals surface area contributed by atoms with E-state index in [1.165, 1.54) is 0 Å². The second kappa shape index (κ2) is 4.83. The summed E-state index contributed by atoms with van der Waals surface area (Å²) >= 11 is 0. The van der Waals surface area contributed by atoms with Crippen molar-refractivity contribution < 1.29 is 9.90 Å². The third-order valence-electron chi connectivity index (χ3n) is 3.16. The van der Waals surface area contributed by atoms with Crippen LogP contribution in [0.1, 0.15) is 18.1 Å². The maximum Gasteiger partial charge on any atom is 0.308 e. The maximum absolute atomic E-state index is 11.0. The van der Waals surface area contributed by atoms with Crippen LogP contribution in [0, 0.1) is 5.92 Å². The van der Waals surface area contributed by atoms with Crippen molar-refractivity contribution in [2.45, 2.75) is 25.8 Å². The molecule has 1 unspecified atom stereocenters. The summed E-state index contributed by atoms with van der Waals surface area (Å²) in [5, 5.41) is 17.3. The maximum atomic E-state index is 11.0. The number of carboxylic acid groups (broad SMARTS) is 1. The molecule has 0 saturated carbocycles. The summed E-state index contributed by atoms with van der Waals surface area (Å²) < 4.78 is 1.98. The quantitative estimate of drug-likeness (QED) is 0.801. The monoisotopic (exact) mass is 238 g/mol. The van der Waals surface area contributed by atoms with Gasteiger partial charge in [0, 0.05) is 25.9 Å². The van der Waals surface area contributed by atoms with Gasteiger partial charge in [0.1, 0.15) is 11.6 Å². The number of rotatable bonds is 4. The summed E-state index contributed by atoms with van der Waals surface area (Å²) in [4.78, 5) is 13.1. The molecule has 0 bridgehead atoms. The normalized spacial score (nSPS) is 19.4. The molecule has 94 valence electrons. The Morgan fingerprint density at radius 3 is 2.94 bits per heavy atom. The topological polar surface area (TPSA) is 71.2 Å². The molecule has 1 atom stereocenters. The fourth-order valence-electron chi connectivity index (χ4n) is 2.09. The zero-order valence-electron chi connectivity index (χ0n) is 10.3. The number of hydrogen-bond donors (Lipinski definition) is 1. The zero-order chi connectivity index (χ0) is 12.4. The van der Waals surface area contributed by atoms with E-state index in [1.807, 2.05) is 18.7 Å². The van der Waals surface area contributed by atoms with Gasteiger partial charge in [0.25, 0.3) is 0 Å². The average Bonchev–Trinajstić information content (AvgIpc) is 2.68. The van der Waals surface area contributed by atoms with Crippen molar-refractivity contribution in [3.8, 4) is 0 Å². The summed E-state index contributed by atoms with van der Waals surface area (Å²) in [5.41, 5.74) is 0. The van der Waals surface area contributed by atoms with Crippen LogP contribution in [0.2, 0.25) is 0 Å². The number of aliphatic carboxylic acids is 1. The lowest BCUT2D eigenvalue weighted by atomic mass is 9.99. The van der Waals surface area contributed by atoms with E-state index in [0.717, 1.165) is 24.6 Å². The summed E-state index contributed by atoms with van der Waals surface area (Å²) in [6, 6.07) is 0. The highest BCUT2D eigenvalue weighted by Crippen LogP contribution is 2.20. The zero-order valence-corrected chi connectivity index (χ0v) is 10.3. The van der Waals surface area contributed by atoms with Crippen molar-refractivity contribution in [1.82, 2.24) is 19.7 Å². The van der Waals surface area contributed by atoms with Crippen molar-refractivity contribution >= 4 is 5.97 Å². The molecule has 1 aromatic heterocycles. The molecule has 6 heteroatoms. The van der Waals surface area contributed by atoms with Gasteiger partial charge in [-0.3, -0.25) is 4.79 Å². The van der Waals surface area contributed by atoms with Crippen LogP contribution in [0.4, 0.5) is 0 Å². The van der Waals surface area contributed by atoms with Crippen LogP contribution in [-0.2, 0) is 24.2 Å². The molecule has 0 fully saturated rings. The highest BCUT2D eigenvalue weighted by Gasteiger charge is 2.27. The number of fused-ring (bicyclic) bond motifs is 1. The summed E-state index contributed by atoms with van der Waals surface area (Å²) in [7, 11) is 4.01. The Bertz CT molecular complexity index is 414. The molecule has 17 heavy (non-hydrogen) atoms. The predicted molar refractivity (Wildman–Crippen MR) is 61.7 cm³/mol. The third kappa shape index (κ3) is 2.63. The molecule has 1 aliphatic rings. The second-order valence-corrected chi connectivity index (χ2v) is 4.77. The number of aryl methyl sites for hydroxylation is 1. The highest BCUT2D eigenvalue weighted by atomic mass is 16.4. The first kappa shape index (κ1) is 12.0. The van der Waals surface area contributed by atoms with E-state index < -0.39 is 5.97 Å². The Labute approximate surface area is 100 Å². The van der Waals surface area contributed by atoms with Gasteiger partial charge in [-0.2, -0.15) is 0 Å². The Hall–Kier alpha value is -1.43. The number of carboxylic acids is 1. The van der Waals surface area contributed by atoms with Gasteiger partial charge in [-0.05, 0) is 20.5 Å². The molecule has 0 radical (unpaired) electrons. The smallest absolute Gasteiger partial charge is 0.308 e. The molecule has 1 aromatic rings. The van der Waals surface area contributed by atoms with E-state index in [4.69, 9.17) is 5.11 Å². The van der Waals surface area contributed by atoms with Crippen molar-refractivity contribution in [3.63, 3.8) is 0 Å². The first-order chi connectivity index (χ1) is 8.08. The van der Waals surface area contributed by atoms with Gasteiger partial charge < -0.3 is 14.6 Å². The van der Waals surface area contributed by atoms with Gasteiger partial charge in [-0.25, -0.2) is 0 Å². The lowest BCUT2D eigenvalue weighted by Crippen LogP contribution is -2.28. The van der Waals surface area contributed by atoms with E-state index in [0.29, 0.717) is 19.4 Å². The molecule has 0 saturated heterocycles. The van der Waals surface area contributed by atoms with Crippen molar-refractivity contribution in [2.24, 2.45) is 5.92 Å². The van der Waals surface area contributed by atoms with Gasteiger partial charge in [0.2, 0.25) is 0 Å². The first-order valence-electron chi connectivity index (χ1n) is 5.86. The molecule has 0 amide bonds. The second-order valence-electron chi connectivity index (χ2n) is 4.77. The molecule has 6 nitrogen and oxygen atoms in total. The van der Waals surface area contributed by atoms with Crippen LogP contribution in [0.5, 0.6) is 0 Å². The van der Waals surface area contributed by atoms with Crippen LogP contribution in [0.25, 0.3) is 0 Å². The third-order valence-corrected chi connectivity index (χ3v) is 3.16. The number of carbonyl (C=O) groups is 1. The molecule has 1 N–H and O–H groups in total. The molecule has 2 heterocycles. The summed E-state index contributed by atoms with van der Waals surface area (Å²) in [6.07, 6.45) is 2.19. The highest BCUT2D eigenvalue weighted by molar-refractivity contribution is 5.70. The molecular weight excluding hydrogens is 220 g/mol. The molecular formula is C11H18N4O2. The van der Waals surface area contributed by atoms with E-state index in [-0.39, 0.29) is 5.92 Å². The Balaban J connectivity index is 2.11. The minimum atomic E-state index is -0.720. The fraction of sp³-hybridized carbons (Fsp3) is 0.727. The van der Waals surface area contributed by atoms with Crippen molar-refractivity contribution in [2.75, 3.05) is 20.6 Å². The van der Waals surface area contributed by atoms with Crippen LogP contribution in [-0.4, -0.2) is 51.4 Å². The van der Waals surface area contributed by atoms with Crippen molar-refractivity contribution in [3.05, 3.63) is 11.6 Å². The predicted octanol–water partition coefficient (Wildman–Crippen LogP) is 0.0292. The minimum absolute atomic E-state index is 0.295. The number of nitrogens with zero attached hydrogens (tertiary/aromatic N) is 4. The average molecular weight is 238 g/mol. The number of aromatic nitrogens is 3. The first-order valence-corrected chi connectivity index (χ1v) is 5.86. The molecule has 0 aliphatic carbocycles. The lowest BCUT2D eigenvalue weighted by Gasteiger charge is -2.21. The Morgan fingerprint density at radius 1 is 1.53 bits per heavy atom. The van der Waals surface area contributed by atoms with Crippen LogP contribution in [0.15, 0.2) is 0 Å². The number of likely N-dealkylation sites (N-methyl/N-ethyl adjacent to an activating group) is 1. The Kier molecular flexibility index (Phi) is 3.42. The molecule has 0 spiro atoms. The number of hydrogen-bond acceptors (Lipinski definition) is 4. The van der Waals surface area contributed by atoms with Crippen molar-refractivity contribution in [1.29, 1.82) is 0 Å². The van der Waals surface area contributed by atoms with Gasteiger partial charge >= 0.3 is 5.97 Å². The van der Waals surface area contributed by atoms with E-state index in [2.05, 4.69) is 15.1 Å². The summed E-state index contributed by atoms with van der Waals surface area (Å²) in [5.74, 6) is 0.815. The van der Waals surface area contributed by atoms with Gasteiger partial charge in [-0.15, -0.1) is 10.2 Å². The molecule has 2 rings (SSSR count). The van der Waals surface area contributed by atoms with Crippen LogP contribution >= 0.6 is 0 Å². The van der Waals surface area contributed by atoms with Gasteiger partial charge in [-0.1, -0.05) is 0 Å². The fourth-order valence-corrected chi connectivity index (χ4v) is 2.09. The summed E-state index contributed by atoms with van der Waals surface area (Å²) in [6.45, 7) is 1.41. The lowest BCUT2D eigenvalue weighted by molar-refractivity contribution is -0.142. The van der Waals surface area contributed by atoms with Crippen LogP contribution in [0.3, 0.4) is 0 Å². The van der Waals surface area contributed by atoms with E-state index >= 15 is 0 Å². The largest absolute Gasteiger partial charge is 0.481 e. The van der Waals surface area contributed by atoms with Gasteiger partial charge in [0.05, 0.1) is 5.92 Å². The molecule has 0 aromatic carbocycles. The van der Waals surface area contributed by atoms with E-state index in [9.17, 15) is 4.79 Å².